The van der Waals surface area contributed by atoms with Crippen LogP contribution in [-0.2, 0) is 11.0 Å². The van der Waals surface area contributed by atoms with Gasteiger partial charge in [0.05, 0.1) is 5.56 Å². The van der Waals surface area contributed by atoms with Crippen LogP contribution >= 0.6 is 12.4 Å². The summed E-state index contributed by atoms with van der Waals surface area (Å²) in [4.78, 5) is 14.3. The fraction of sp³-hybridized carbons (Fsp3) is 0.588. The highest BCUT2D eigenvalue weighted by atomic mass is 35.5. The van der Waals surface area contributed by atoms with Crippen molar-refractivity contribution in [3.63, 3.8) is 0 Å². The van der Waals surface area contributed by atoms with E-state index in [0.717, 1.165) is 44.5 Å². The van der Waals surface area contributed by atoms with Crippen LogP contribution < -0.4 is 10.1 Å². The van der Waals surface area contributed by atoms with Gasteiger partial charge in [-0.3, -0.25) is 4.79 Å². The normalized spacial score (nSPS) is 15.4. The molecule has 0 aromatic heterocycles. The molecule has 0 radical (unpaired) electrons. The minimum atomic E-state index is -4.37. The minimum absolute atomic E-state index is 0. The number of hydrogen-bond donors (Lipinski definition) is 1. The third-order valence-corrected chi connectivity index (χ3v) is 4.08. The van der Waals surface area contributed by atoms with Gasteiger partial charge in [0.1, 0.15) is 5.75 Å². The van der Waals surface area contributed by atoms with Crippen molar-refractivity contribution in [2.24, 2.45) is 0 Å². The Kier molecular flexibility index (Phi) is 8.52. The van der Waals surface area contributed by atoms with Crippen LogP contribution in [0.5, 0.6) is 5.75 Å². The first-order valence-corrected chi connectivity index (χ1v) is 8.22. The van der Waals surface area contributed by atoms with Crippen molar-refractivity contribution in [1.82, 2.24) is 10.2 Å². The lowest BCUT2D eigenvalue weighted by Crippen LogP contribution is -2.48. The molecule has 1 saturated heterocycles. The van der Waals surface area contributed by atoms with E-state index in [4.69, 9.17) is 4.74 Å². The smallest absolute Gasteiger partial charge is 0.416 e. The highest BCUT2D eigenvalue weighted by Crippen LogP contribution is 2.30. The molecule has 1 N–H and O–H groups in total. The average Bonchev–Trinajstić information content (AvgIpc) is 2.58. The summed E-state index contributed by atoms with van der Waals surface area (Å²) in [7, 11) is 0. The van der Waals surface area contributed by atoms with E-state index in [1.54, 1.807) is 0 Å². The highest BCUT2D eigenvalue weighted by Gasteiger charge is 2.30. The predicted octanol–water partition coefficient (Wildman–Crippen LogP) is 3.50. The van der Waals surface area contributed by atoms with Gasteiger partial charge in [-0.2, -0.15) is 13.2 Å². The first kappa shape index (κ1) is 21.6. The predicted molar refractivity (Wildman–Crippen MR) is 92.1 cm³/mol. The Morgan fingerprint density at radius 3 is 2.36 bits per heavy atom. The number of carbonyl (C=O) groups is 1. The van der Waals surface area contributed by atoms with Crippen LogP contribution in [0.25, 0.3) is 0 Å². The van der Waals surface area contributed by atoms with Gasteiger partial charge in [-0.25, -0.2) is 0 Å². The van der Waals surface area contributed by atoms with Crippen molar-refractivity contribution < 1.29 is 22.7 Å². The summed E-state index contributed by atoms with van der Waals surface area (Å²) in [6, 6.07) is 4.59. The average molecular weight is 381 g/mol. The molecular formula is C17H24ClF3N2O2. The summed E-state index contributed by atoms with van der Waals surface area (Å²) in [6.45, 7) is 4.29. The topological polar surface area (TPSA) is 41.6 Å². The fourth-order valence-electron chi connectivity index (χ4n) is 2.84. The molecule has 0 atom stereocenters. The molecule has 1 fully saturated rings. The minimum Gasteiger partial charge on any atom is -0.484 e. The van der Waals surface area contributed by atoms with Crippen molar-refractivity contribution in [3.05, 3.63) is 29.8 Å². The number of halogens is 4. The third kappa shape index (κ3) is 6.40. The first-order chi connectivity index (χ1) is 11.4. The van der Waals surface area contributed by atoms with Gasteiger partial charge in [0.25, 0.3) is 5.91 Å². The van der Waals surface area contributed by atoms with Crippen LogP contribution in [0, 0.1) is 0 Å². The Morgan fingerprint density at radius 1 is 1.24 bits per heavy atom. The van der Waals surface area contributed by atoms with E-state index in [1.165, 1.54) is 12.1 Å². The van der Waals surface area contributed by atoms with Gasteiger partial charge in [-0.1, -0.05) is 6.92 Å². The quantitative estimate of drug-likeness (QED) is 0.821. The maximum atomic E-state index is 12.5. The Labute approximate surface area is 152 Å². The van der Waals surface area contributed by atoms with E-state index in [9.17, 15) is 18.0 Å². The molecule has 0 unspecified atom stereocenters. The number of hydrogen-bond acceptors (Lipinski definition) is 3. The fourth-order valence-corrected chi connectivity index (χ4v) is 2.84. The monoisotopic (exact) mass is 380 g/mol. The van der Waals surface area contributed by atoms with Gasteiger partial charge in [0.15, 0.2) is 6.61 Å². The van der Waals surface area contributed by atoms with Gasteiger partial charge in [-0.15, -0.1) is 12.4 Å². The number of alkyl halides is 3. The van der Waals surface area contributed by atoms with Gasteiger partial charge in [0, 0.05) is 12.6 Å². The zero-order chi connectivity index (χ0) is 17.6. The molecule has 0 aliphatic carbocycles. The lowest BCUT2D eigenvalue weighted by Gasteiger charge is -2.34. The number of carbonyl (C=O) groups excluding carboxylic acids is 1. The standard InChI is InChI=1S/C17H23F3N2O2.ClH/c1-2-11-22(14-7-9-21-10-8-14)16(23)12-24-15-5-3-13(4-6-15)17(18,19)20;/h3-6,14,21H,2,7-12H2,1H3;1H. The summed E-state index contributed by atoms with van der Waals surface area (Å²) >= 11 is 0. The van der Waals surface area contributed by atoms with Crippen LogP contribution in [0.3, 0.4) is 0 Å². The van der Waals surface area contributed by atoms with Crippen LogP contribution in [0.15, 0.2) is 24.3 Å². The molecule has 1 amide bonds. The van der Waals surface area contributed by atoms with Crippen molar-refractivity contribution >= 4 is 18.3 Å². The van der Waals surface area contributed by atoms with Gasteiger partial charge < -0.3 is 15.0 Å². The Hall–Kier alpha value is -1.47. The van der Waals surface area contributed by atoms with Gasteiger partial charge in [0.2, 0.25) is 0 Å². The zero-order valence-electron chi connectivity index (χ0n) is 14.1. The van der Waals surface area contributed by atoms with Crippen molar-refractivity contribution in [2.45, 2.75) is 38.4 Å². The van der Waals surface area contributed by atoms with Crippen LogP contribution in [0.2, 0.25) is 0 Å². The molecule has 0 spiro atoms. The summed E-state index contributed by atoms with van der Waals surface area (Å²) in [5.74, 6) is 0.141. The summed E-state index contributed by atoms with van der Waals surface area (Å²) in [5.41, 5.74) is -0.733. The number of rotatable bonds is 6. The second kappa shape index (κ2) is 9.87. The van der Waals surface area contributed by atoms with E-state index in [-0.39, 0.29) is 36.7 Å². The molecular weight excluding hydrogens is 357 g/mol. The Morgan fingerprint density at radius 2 is 1.84 bits per heavy atom. The molecule has 8 heteroatoms. The van der Waals surface area contributed by atoms with E-state index in [2.05, 4.69) is 5.32 Å². The van der Waals surface area contributed by atoms with E-state index in [0.29, 0.717) is 6.54 Å². The molecule has 1 aliphatic heterocycles. The van der Waals surface area contributed by atoms with E-state index >= 15 is 0 Å². The molecule has 1 aliphatic rings. The SMILES string of the molecule is CCCN(C(=O)COc1ccc(C(F)(F)F)cc1)C1CCNCC1.Cl. The molecule has 1 heterocycles. The molecule has 0 saturated carbocycles. The number of nitrogens with zero attached hydrogens (tertiary/aromatic N) is 1. The second-order valence-corrected chi connectivity index (χ2v) is 5.88. The highest BCUT2D eigenvalue weighted by molar-refractivity contribution is 5.85. The van der Waals surface area contributed by atoms with Crippen LogP contribution in [0.4, 0.5) is 13.2 Å². The number of piperidine rings is 1. The number of benzene rings is 1. The largest absolute Gasteiger partial charge is 0.484 e. The number of nitrogens with one attached hydrogen (secondary N) is 1. The van der Waals surface area contributed by atoms with Gasteiger partial charge >= 0.3 is 6.18 Å². The van der Waals surface area contributed by atoms with Crippen LogP contribution in [0.1, 0.15) is 31.7 Å². The maximum absolute atomic E-state index is 12.5. The molecule has 0 bridgehead atoms. The molecule has 142 valence electrons. The molecule has 2 rings (SSSR count). The zero-order valence-corrected chi connectivity index (χ0v) is 15.0. The molecule has 1 aromatic rings. The Bertz CT molecular complexity index is 532. The van der Waals surface area contributed by atoms with Crippen LogP contribution in [-0.4, -0.2) is 43.1 Å². The van der Waals surface area contributed by atoms with E-state index < -0.39 is 11.7 Å². The van der Waals surface area contributed by atoms with Gasteiger partial charge in [-0.05, 0) is 56.6 Å². The lowest BCUT2D eigenvalue weighted by atomic mass is 10.0. The van der Waals surface area contributed by atoms with Crippen molar-refractivity contribution in [1.29, 1.82) is 0 Å². The summed E-state index contributed by atoms with van der Waals surface area (Å²) in [6.07, 6.45) is -1.70. The third-order valence-electron chi connectivity index (χ3n) is 4.08. The van der Waals surface area contributed by atoms with Crippen molar-refractivity contribution in [3.8, 4) is 5.75 Å². The first-order valence-electron chi connectivity index (χ1n) is 8.22. The Balaban J connectivity index is 0.00000312. The lowest BCUT2D eigenvalue weighted by molar-refractivity contribution is -0.138. The molecule has 1 aromatic carbocycles. The molecule has 4 nitrogen and oxygen atoms in total. The van der Waals surface area contributed by atoms with E-state index in [1.807, 2.05) is 11.8 Å². The molecule has 25 heavy (non-hydrogen) atoms. The number of amides is 1. The number of ether oxygens (including phenoxy) is 1. The summed E-state index contributed by atoms with van der Waals surface area (Å²) in [5, 5.41) is 3.26. The summed E-state index contributed by atoms with van der Waals surface area (Å²) < 4.78 is 42.9. The second-order valence-electron chi connectivity index (χ2n) is 5.88. The maximum Gasteiger partial charge on any atom is 0.416 e. The van der Waals surface area contributed by atoms with Crippen molar-refractivity contribution in [2.75, 3.05) is 26.2 Å².